The van der Waals surface area contributed by atoms with Gasteiger partial charge in [-0.05, 0) is 33.3 Å². The highest BCUT2D eigenvalue weighted by molar-refractivity contribution is 5.87. The van der Waals surface area contributed by atoms with Crippen LogP contribution in [-0.2, 0) is 4.79 Å². The standard InChI is InChI=1S/C9H17NO/c1-5-9(6-8(4)11)10-7(2)3/h6-7,10H,5H2,1-4H3/b9-6+. The van der Waals surface area contributed by atoms with E-state index in [0.717, 1.165) is 12.1 Å². The number of ketones is 1. The van der Waals surface area contributed by atoms with Crippen LogP contribution >= 0.6 is 0 Å². The van der Waals surface area contributed by atoms with Crippen molar-refractivity contribution < 1.29 is 4.79 Å². The second-order valence-electron chi connectivity index (χ2n) is 2.93. The molecular formula is C9H17NO. The molecule has 0 unspecified atom stereocenters. The first-order valence-corrected chi connectivity index (χ1v) is 4.04. The lowest BCUT2D eigenvalue weighted by molar-refractivity contribution is -0.112. The Morgan fingerprint density at radius 3 is 2.36 bits per heavy atom. The molecule has 0 atom stereocenters. The summed E-state index contributed by atoms with van der Waals surface area (Å²) in [5, 5.41) is 3.20. The van der Waals surface area contributed by atoms with Crippen LogP contribution in [0.3, 0.4) is 0 Å². The lowest BCUT2D eigenvalue weighted by Gasteiger charge is -2.11. The van der Waals surface area contributed by atoms with Crippen LogP contribution in [0.15, 0.2) is 11.8 Å². The van der Waals surface area contributed by atoms with Gasteiger partial charge in [-0.3, -0.25) is 4.79 Å². The molecule has 1 N–H and O–H groups in total. The molecule has 0 radical (unpaired) electrons. The van der Waals surface area contributed by atoms with Gasteiger partial charge in [0.1, 0.15) is 0 Å². The van der Waals surface area contributed by atoms with Crippen molar-refractivity contribution >= 4 is 5.78 Å². The van der Waals surface area contributed by atoms with Crippen molar-refractivity contribution in [1.29, 1.82) is 0 Å². The highest BCUT2D eigenvalue weighted by atomic mass is 16.1. The fourth-order valence-corrected chi connectivity index (χ4v) is 0.862. The molecule has 0 heterocycles. The molecule has 2 heteroatoms. The van der Waals surface area contributed by atoms with Gasteiger partial charge >= 0.3 is 0 Å². The normalized spacial score (nSPS) is 11.9. The molecular weight excluding hydrogens is 138 g/mol. The Labute approximate surface area is 68.7 Å². The fraction of sp³-hybridized carbons (Fsp3) is 0.667. The van der Waals surface area contributed by atoms with Crippen molar-refractivity contribution in [2.24, 2.45) is 0 Å². The second-order valence-corrected chi connectivity index (χ2v) is 2.93. The van der Waals surface area contributed by atoms with Gasteiger partial charge < -0.3 is 5.32 Å². The Balaban J connectivity index is 4.05. The van der Waals surface area contributed by atoms with E-state index in [-0.39, 0.29) is 5.78 Å². The summed E-state index contributed by atoms with van der Waals surface area (Å²) in [6, 6.07) is 0.403. The molecule has 0 spiro atoms. The van der Waals surface area contributed by atoms with Gasteiger partial charge in [-0.25, -0.2) is 0 Å². The summed E-state index contributed by atoms with van der Waals surface area (Å²) in [5.74, 6) is 0.106. The SMILES string of the molecule is CC/C(=C\C(C)=O)NC(C)C. The molecule has 0 aliphatic rings. The van der Waals surface area contributed by atoms with E-state index in [9.17, 15) is 4.79 Å². The van der Waals surface area contributed by atoms with Gasteiger partial charge in [-0.1, -0.05) is 6.92 Å². The van der Waals surface area contributed by atoms with Crippen LogP contribution in [0.1, 0.15) is 34.1 Å². The molecule has 0 aromatic rings. The number of carbonyl (C=O) groups is 1. The highest BCUT2D eigenvalue weighted by Gasteiger charge is 1.96. The maximum Gasteiger partial charge on any atom is 0.154 e. The van der Waals surface area contributed by atoms with Crippen LogP contribution in [0.25, 0.3) is 0 Å². The largest absolute Gasteiger partial charge is 0.386 e. The topological polar surface area (TPSA) is 29.1 Å². The second kappa shape index (κ2) is 4.94. The monoisotopic (exact) mass is 155 g/mol. The summed E-state index contributed by atoms with van der Waals surface area (Å²) in [7, 11) is 0. The molecule has 2 nitrogen and oxygen atoms in total. The quantitative estimate of drug-likeness (QED) is 0.628. The van der Waals surface area contributed by atoms with E-state index in [0.29, 0.717) is 6.04 Å². The zero-order valence-electron chi connectivity index (χ0n) is 7.77. The summed E-state index contributed by atoms with van der Waals surface area (Å²) < 4.78 is 0. The number of allylic oxidation sites excluding steroid dienone is 2. The summed E-state index contributed by atoms with van der Waals surface area (Å²) >= 11 is 0. The first-order valence-electron chi connectivity index (χ1n) is 4.04. The zero-order valence-corrected chi connectivity index (χ0v) is 7.77. The van der Waals surface area contributed by atoms with Crippen molar-refractivity contribution in [2.45, 2.75) is 40.2 Å². The summed E-state index contributed by atoms with van der Waals surface area (Å²) in [6.07, 6.45) is 2.54. The molecule has 0 fully saturated rings. The maximum atomic E-state index is 10.7. The number of nitrogens with one attached hydrogen (secondary N) is 1. The van der Waals surface area contributed by atoms with Crippen molar-refractivity contribution in [3.05, 3.63) is 11.8 Å². The van der Waals surface area contributed by atoms with E-state index in [2.05, 4.69) is 19.2 Å². The van der Waals surface area contributed by atoms with Crippen molar-refractivity contribution in [3.8, 4) is 0 Å². The van der Waals surface area contributed by atoms with Crippen LogP contribution in [0, 0.1) is 0 Å². The van der Waals surface area contributed by atoms with Crippen molar-refractivity contribution in [2.75, 3.05) is 0 Å². The Hall–Kier alpha value is -0.790. The Morgan fingerprint density at radius 1 is 1.55 bits per heavy atom. The average Bonchev–Trinajstić information content (AvgIpc) is 1.84. The van der Waals surface area contributed by atoms with Crippen LogP contribution < -0.4 is 5.32 Å². The lowest BCUT2D eigenvalue weighted by atomic mass is 10.2. The number of hydrogen-bond acceptors (Lipinski definition) is 2. The molecule has 0 aromatic heterocycles. The van der Waals surface area contributed by atoms with E-state index in [1.165, 1.54) is 0 Å². The molecule has 0 aliphatic carbocycles. The number of rotatable bonds is 4. The summed E-state index contributed by atoms with van der Waals surface area (Å²) in [4.78, 5) is 10.7. The summed E-state index contributed by atoms with van der Waals surface area (Å²) in [6.45, 7) is 7.72. The molecule has 0 saturated heterocycles. The third kappa shape index (κ3) is 5.64. The van der Waals surface area contributed by atoms with Crippen molar-refractivity contribution in [1.82, 2.24) is 5.32 Å². The van der Waals surface area contributed by atoms with Crippen LogP contribution in [-0.4, -0.2) is 11.8 Å². The van der Waals surface area contributed by atoms with Crippen molar-refractivity contribution in [3.63, 3.8) is 0 Å². The fourth-order valence-electron chi connectivity index (χ4n) is 0.862. The van der Waals surface area contributed by atoms with Gasteiger partial charge in [-0.2, -0.15) is 0 Å². The zero-order chi connectivity index (χ0) is 8.85. The van der Waals surface area contributed by atoms with Gasteiger partial charge in [-0.15, -0.1) is 0 Å². The van der Waals surface area contributed by atoms with Crippen LogP contribution in [0.2, 0.25) is 0 Å². The van der Waals surface area contributed by atoms with Gasteiger partial charge in [0, 0.05) is 11.7 Å². The molecule has 64 valence electrons. The Bertz CT molecular complexity index is 159. The molecule has 0 bridgehead atoms. The maximum absolute atomic E-state index is 10.7. The number of hydrogen-bond donors (Lipinski definition) is 1. The molecule has 0 rings (SSSR count). The first-order chi connectivity index (χ1) is 5.06. The predicted octanol–water partition coefficient (Wildman–Crippen LogP) is 1.87. The molecule has 11 heavy (non-hydrogen) atoms. The van der Waals surface area contributed by atoms with E-state index in [1.54, 1.807) is 13.0 Å². The van der Waals surface area contributed by atoms with Crippen LogP contribution in [0.5, 0.6) is 0 Å². The van der Waals surface area contributed by atoms with Crippen LogP contribution in [0.4, 0.5) is 0 Å². The minimum absolute atomic E-state index is 0.106. The van der Waals surface area contributed by atoms with E-state index >= 15 is 0 Å². The van der Waals surface area contributed by atoms with Gasteiger partial charge in [0.2, 0.25) is 0 Å². The van der Waals surface area contributed by atoms with E-state index in [4.69, 9.17) is 0 Å². The van der Waals surface area contributed by atoms with Gasteiger partial charge in [0.05, 0.1) is 0 Å². The molecule has 0 saturated carbocycles. The van der Waals surface area contributed by atoms with E-state index in [1.807, 2.05) is 6.92 Å². The molecule has 0 aromatic carbocycles. The molecule has 0 amide bonds. The average molecular weight is 155 g/mol. The third-order valence-corrected chi connectivity index (χ3v) is 1.23. The predicted molar refractivity (Wildman–Crippen MR) is 47.3 cm³/mol. The van der Waals surface area contributed by atoms with Gasteiger partial charge in [0.15, 0.2) is 5.78 Å². The van der Waals surface area contributed by atoms with Gasteiger partial charge in [0.25, 0.3) is 0 Å². The third-order valence-electron chi connectivity index (χ3n) is 1.23. The highest BCUT2D eigenvalue weighted by Crippen LogP contribution is 1.97. The Kier molecular flexibility index (Phi) is 4.59. The molecule has 0 aliphatic heterocycles. The number of carbonyl (C=O) groups excluding carboxylic acids is 1. The lowest BCUT2D eigenvalue weighted by Crippen LogP contribution is -2.22. The minimum atomic E-state index is 0.106. The minimum Gasteiger partial charge on any atom is -0.386 e. The summed E-state index contributed by atoms with van der Waals surface area (Å²) in [5.41, 5.74) is 1.02. The smallest absolute Gasteiger partial charge is 0.154 e. The van der Waals surface area contributed by atoms with E-state index < -0.39 is 0 Å². The Morgan fingerprint density at radius 2 is 2.09 bits per heavy atom. The first kappa shape index (κ1) is 10.2.